The predicted molar refractivity (Wildman–Crippen MR) is 75.2 cm³/mol. The minimum Gasteiger partial charge on any atom is -0.487 e. The summed E-state index contributed by atoms with van der Waals surface area (Å²) in [5.74, 6) is 5.54. The van der Waals surface area contributed by atoms with Gasteiger partial charge in [0.25, 0.3) is 5.91 Å². The normalized spacial score (nSPS) is 10.4. The quantitative estimate of drug-likeness (QED) is 0.447. The van der Waals surface area contributed by atoms with Crippen molar-refractivity contribution in [2.75, 3.05) is 0 Å². The topological polar surface area (TPSA) is 93.0 Å². The molecule has 0 aliphatic rings. The SMILES string of the molecule is Cc1cc(C)cc(OCc2n[nH]c(C)c2C(=O)NN)c1. The standard InChI is InChI=1S/C14H18N4O2/c1-8-4-9(2)6-11(5-8)20-7-12-13(14(19)16-15)10(3)17-18-12/h4-6H,7,15H2,1-3H3,(H,16,19)(H,17,18). The molecule has 0 saturated carbocycles. The summed E-state index contributed by atoms with van der Waals surface area (Å²) in [6.07, 6.45) is 0. The van der Waals surface area contributed by atoms with E-state index in [9.17, 15) is 4.79 Å². The highest BCUT2D eigenvalue weighted by atomic mass is 16.5. The molecule has 0 saturated heterocycles. The molecule has 6 heteroatoms. The summed E-state index contributed by atoms with van der Waals surface area (Å²) in [6, 6.07) is 5.95. The Morgan fingerprint density at radius 2 is 1.95 bits per heavy atom. The fraction of sp³-hybridized carbons (Fsp3) is 0.286. The van der Waals surface area contributed by atoms with Gasteiger partial charge in [-0.15, -0.1) is 0 Å². The van der Waals surface area contributed by atoms with Gasteiger partial charge in [0.1, 0.15) is 18.1 Å². The van der Waals surface area contributed by atoms with Gasteiger partial charge >= 0.3 is 0 Å². The number of carbonyl (C=O) groups excluding carboxylic acids is 1. The van der Waals surface area contributed by atoms with E-state index in [1.54, 1.807) is 6.92 Å². The van der Waals surface area contributed by atoms with Crippen molar-refractivity contribution in [3.63, 3.8) is 0 Å². The molecule has 0 spiro atoms. The number of aromatic amines is 1. The largest absolute Gasteiger partial charge is 0.487 e. The average molecular weight is 274 g/mol. The van der Waals surface area contributed by atoms with Crippen LogP contribution in [0.25, 0.3) is 0 Å². The maximum atomic E-state index is 11.7. The van der Waals surface area contributed by atoms with Crippen LogP contribution in [-0.4, -0.2) is 16.1 Å². The molecule has 1 aromatic heterocycles. The molecule has 0 atom stereocenters. The van der Waals surface area contributed by atoms with E-state index in [1.165, 1.54) is 0 Å². The molecular formula is C14H18N4O2. The van der Waals surface area contributed by atoms with E-state index in [0.717, 1.165) is 16.9 Å². The summed E-state index contributed by atoms with van der Waals surface area (Å²) in [5, 5.41) is 6.84. The first-order chi connectivity index (χ1) is 9.51. The molecule has 0 aliphatic carbocycles. The van der Waals surface area contributed by atoms with Crippen molar-refractivity contribution in [2.24, 2.45) is 5.84 Å². The molecule has 6 nitrogen and oxygen atoms in total. The monoisotopic (exact) mass is 274 g/mol. The van der Waals surface area contributed by atoms with Crippen molar-refractivity contribution in [3.8, 4) is 5.75 Å². The number of H-pyrrole nitrogens is 1. The fourth-order valence-electron chi connectivity index (χ4n) is 2.13. The first kappa shape index (κ1) is 14.1. The zero-order valence-electron chi connectivity index (χ0n) is 11.8. The first-order valence-corrected chi connectivity index (χ1v) is 6.27. The number of carbonyl (C=O) groups is 1. The minimum absolute atomic E-state index is 0.204. The van der Waals surface area contributed by atoms with E-state index in [2.05, 4.69) is 21.7 Å². The van der Waals surface area contributed by atoms with Crippen LogP contribution < -0.4 is 16.0 Å². The molecule has 0 aliphatic heterocycles. The highest BCUT2D eigenvalue weighted by Gasteiger charge is 2.17. The molecule has 2 aromatic rings. The number of nitrogens with two attached hydrogens (primary N) is 1. The molecule has 2 rings (SSSR count). The molecule has 0 radical (unpaired) electrons. The molecule has 0 unspecified atom stereocenters. The van der Waals surface area contributed by atoms with Gasteiger partial charge < -0.3 is 4.74 Å². The number of hydrazine groups is 1. The lowest BCUT2D eigenvalue weighted by Crippen LogP contribution is -2.31. The number of hydrogen-bond donors (Lipinski definition) is 3. The second-order valence-electron chi connectivity index (χ2n) is 4.76. The number of aryl methyl sites for hydroxylation is 3. The van der Waals surface area contributed by atoms with Crippen LogP contribution in [0.15, 0.2) is 18.2 Å². The fourth-order valence-corrected chi connectivity index (χ4v) is 2.13. The van der Waals surface area contributed by atoms with Crippen LogP contribution in [0.2, 0.25) is 0 Å². The van der Waals surface area contributed by atoms with E-state index >= 15 is 0 Å². The van der Waals surface area contributed by atoms with Gasteiger partial charge in [-0.25, -0.2) is 5.84 Å². The van der Waals surface area contributed by atoms with Gasteiger partial charge in [-0.05, 0) is 44.0 Å². The number of rotatable bonds is 4. The lowest BCUT2D eigenvalue weighted by molar-refractivity contribution is 0.0950. The molecular weight excluding hydrogens is 256 g/mol. The van der Waals surface area contributed by atoms with E-state index in [1.807, 2.05) is 26.0 Å². The summed E-state index contributed by atoms with van der Waals surface area (Å²) in [4.78, 5) is 11.7. The Kier molecular flexibility index (Phi) is 4.05. The molecule has 1 amide bonds. The van der Waals surface area contributed by atoms with Crippen LogP contribution in [-0.2, 0) is 6.61 Å². The molecule has 1 heterocycles. The van der Waals surface area contributed by atoms with Crippen LogP contribution in [0, 0.1) is 20.8 Å². The van der Waals surface area contributed by atoms with Gasteiger partial charge in [-0.1, -0.05) is 6.07 Å². The number of nitrogens with zero attached hydrogens (tertiary/aromatic N) is 1. The van der Waals surface area contributed by atoms with E-state index < -0.39 is 0 Å². The van der Waals surface area contributed by atoms with Crippen molar-refractivity contribution in [3.05, 3.63) is 46.3 Å². The zero-order chi connectivity index (χ0) is 14.7. The Morgan fingerprint density at radius 1 is 1.30 bits per heavy atom. The second-order valence-corrected chi connectivity index (χ2v) is 4.76. The second kappa shape index (κ2) is 5.75. The minimum atomic E-state index is -0.379. The van der Waals surface area contributed by atoms with Gasteiger partial charge in [0.2, 0.25) is 0 Å². The molecule has 106 valence electrons. The number of nitrogens with one attached hydrogen (secondary N) is 2. The van der Waals surface area contributed by atoms with Crippen LogP contribution >= 0.6 is 0 Å². The summed E-state index contributed by atoms with van der Waals surface area (Å²) in [5.41, 5.74) is 5.98. The highest BCUT2D eigenvalue weighted by Crippen LogP contribution is 2.19. The van der Waals surface area contributed by atoms with Crippen molar-refractivity contribution in [1.82, 2.24) is 15.6 Å². The van der Waals surface area contributed by atoms with E-state index in [4.69, 9.17) is 10.6 Å². The van der Waals surface area contributed by atoms with Gasteiger partial charge in [0.15, 0.2) is 0 Å². The van der Waals surface area contributed by atoms with E-state index in [0.29, 0.717) is 17.0 Å². The average Bonchev–Trinajstić information content (AvgIpc) is 2.75. The summed E-state index contributed by atoms with van der Waals surface area (Å²) in [7, 11) is 0. The lowest BCUT2D eigenvalue weighted by Gasteiger charge is -2.08. The molecule has 4 N–H and O–H groups in total. The van der Waals surface area contributed by atoms with Crippen molar-refractivity contribution >= 4 is 5.91 Å². The summed E-state index contributed by atoms with van der Waals surface area (Å²) in [6.45, 7) is 5.98. The van der Waals surface area contributed by atoms with Crippen LogP contribution in [0.1, 0.15) is 32.9 Å². The first-order valence-electron chi connectivity index (χ1n) is 6.27. The Morgan fingerprint density at radius 3 is 2.55 bits per heavy atom. The number of ether oxygens (including phenoxy) is 1. The summed E-state index contributed by atoms with van der Waals surface area (Å²) < 4.78 is 5.70. The summed E-state index contributed by atoms with van der Waals surface area (Å²) >= 11 is 0. The Balaban J connectivity index is 2.17. The third-order valence-corrected chi connectivity index (χ3v) is 2.95. The van der Waals surface area contributed by atoms with Crippen molar-refractivity contribution < 1.29 is 9.53 Å². The Hall–Kier alpha value is -2.34. The Labute approximate surface area is 117 Å². The molecule has 0 bridgehead atoms. The maximum absolute atomic E-state index is 11.7. The third-order valence-electron chi connectivity index (χ3n) is 2.95. The van der Waals surface area contributed by atoms with Gasteiger partial charge in [-0.3, -0.25) is 15.3 Å². The Bertz CT molecular complexity index is 614. The van der Waals surface area contributed by atoms with Crippen LogP contribution in [0.4, 0.5) is 0 Å². The predicted octanol–water partition coefficient (Wildman–Crippen LogP) is 1.52. The third kappa shape index (κ3) is 2.97. The van der Waals surface area contributed by atoms with Crippen molar-refractivity contribution in [1.29, 1.82) is 0 Å². The molecule has 20 heavy (non-hydrogen) atoms. The van der Waals surface area contributed by atoms with E-state index in [-0.39, 0.29) is 12.5 Å². The van der Waals surface area contributed by atoms with Crippen molar-refractivity contribution in [2.45, 2.75) is 27.4 Å². The lowest BCUT2D eigenvalue weighted by atomic mass is 10.1. The van der Waals surface area contributed by atoms with Crippen LogP contribution in [0.5, 0.6) is 5.75 Å². The maximum Gasteiger partial charge on any atom is 0.269 e. The number of aromatic nitrogens is 2. The number of benzene rings is 1. The van der Waals surface area contributed by atoms with Gasteiger partial charge in [-0.2, -0.15) is 5.10 Å². The van der Waals surface area contributed by atoms with Gasteiger partial charge in [0.05, 0.1) is 5.56 Å². The number of nitrogen functional groups attached to an aromatic ring is 1. The number of hydrogen-bond acceptors (Lipinski definition) is 4. The highest BCUT2D eigenvalue weighted by molar-refractivity contribution is 5.95. The van der Waals surface area contributed by atoms with Crippen LogP contribution in [0.3, 0.4) is 0 Å². The molecule has 1 aromatic carbocycles. The molecule has 0 fully saturated rings. The zero-order valence-corrected chi connectivity index (χ0v) is 11.8. The smallest absolute Gasteiger partial charge is 0.269 e. The van der Waals surface area contributed by atoms with Gasteiger partial charge in [0, 0.05) is 5.69 Å². The number of amides is 1.